The van der Waals surface area contributed by atoms with Crippen molar-refractivity contribution in [3.8, 4) is 0 Å². The largest absolute Gasteiger partial charge is 0.481 e. The van der Waals surface area contributed by atoms with E-state index >= 15 is 0 Å². The zero-order chi connectivity index (χ0) is 17.9. The Balaban J connectivity index is 2.63. The van der Waals surface area contributed by atoms with Crippen LogP contribution in [0, 0.1) is 10.1 Å². The molecule has 0 aliphatic rings. The Morgan fingerprint density at radius 3 is 2.50 bits per heavy atom. The van der Waals surface area contributed by atoms with E-state index in [9.17, 15) is 19.7 Å². The van der Waals surface area contributed by atoms with Gasteiger partial charge in [0.05, 0.1) is 17.6 Å². The SMILES string of the molecule is CCOCOC[C@H](CCC(=O)O)NC(=O)c1ccc([N+](=O)[O-])cc1. The summed E-state index contributed by atoms with van der Waals surface area (Å²) in [5, 5.41) is 22.0. The lowest BCUT2D eigenvalue weighted by molar-refractivity contribution is -0.384. The Kier molecular flexibility index (Phi) is 8.37. The number of non-ortho nitro benzene ring substituents is 1. The summed E-state index contributed by atoms with van der Waals surface area (Å²) in [6.45, 7) is 2.44. The molecule has 1 aromatic rings. The number of hydrogen-bond acceptors (Lipinski definition) is 6. The minimum absolute atomic E-state index is 0.0491. The van der Waals surface area contributed by atoms with Crippen LogP contribution in [0.4, 0.5) is 5.69 Å². The predicted octanol–water partition coefficient (Wildman–Crippen LogP) is 1.57. The van der Waals surface area contributed by atoms with Crippen molar-refractivity contribution in [1.29, 1.82) is 0 Å². The molecule has 0 spiro atoms. The molecule has 2 N–H and O–H groups in total. The zero-order valence-electron chi connectivity index (χ0n) is 13.3. The number of carbonyl (C=O) groups excluding carboxylic acids is 1. The van der Waals surface area contributed by atoms with Crippen LogP contribution in [0.5, 0.6) is 0 Å². The van der Waals surface area contributed by atoms with E-state index < -0.39 is 22.8 Å². The van der Waals surface area contributed by atoms with Crippen LogP contribution in [0.25, 0.3) is 0 Å². The second-order valence-corrected chi connectivity index (χ2v) is 4.89. The molecule has 1 amide bonds. The molecule has 1 rings (SSSR count). The maximum absolute atomic E-state index is 12.2. The summed E-state index contributed by atoms with van der Waals surface area (Å²) >= 11 is 0. The molecule has 0 bridgehead atoms. The third-order valence-electron chi connectivity index (χ3n) is 3.07. The first-order chi connectivity index (χ1) is 11.4. The molecule has 0 fully saturated rings. The van der Waals surface area contributed by atoms with E-state index in [4.69, 9.17) is 14.6 Å². The highest BCUT2D eigenvalue weighted by atomic mass is 16.7. The number of carboxylic acid groups (broad SMARTS) is 1. The highest BCUT2D eigenvalue weighted by Gasteiger charge is 2.16. The van der Waals surface area contributed by atoms with Gasteiger partial charge in [0.1, 0.15) is 6.79 Å². The van der Waals surface area contributed by atoms with Crippen molar-refractivity contribution in [2.45, 2.75) is 25.8 Å². The summed E-state index contributed by atoms with van der Waals surface area (Å²) in [6, 6.07) is 4.62. The monoisotopic (exact) mass is 340 g/mol. The molecule has 0 saturated carbocycles. The van der Waals surface area contributed by atoms with E-state index in [1.807, 2.05) is 6.92 Å². The summed E-state index contributed by atoms with van der Waals surface area (Å²) < 4.78 is 10.3. The van der Waals surface area contributed by atoms with E-state index in [1.165, 1.54) is 24.3 Å². The molecule has 24 heavy (non-hydrogen) atoms. The number of ether oxygens (including phenoxy) is 2. The van der Waals surface area contributed by atoms with Crippen molar-refractivity contribution in [3.63, 3.8) is 0 Å². The van der Waals surface area contributed by atoms with Crippen LogP contribution in [-0.2, 0) is 14.3 Å². The normalized spacial score (nSPS) is 11.7. The molecule has 1 atom stereocenters. The van der Waals surface area contributed by atoms with Crippen LogP contribution in [0.15, 0.2) is 24.3 Å². The molecule has 0 radical (unpaired) electrons. The topological polar surface area (TPSA) is 128 Å². The van der Waals surface area contributed by atoms with Crippen LogP contribution >= 0.6 is 0 Å². The molecular weight excluding hydrogens is 320 g/mol. The number of nitrogens with one attached hydrogen (secondary N) is 1. The highest BCUT2D eigenvalue weighted by molar-refractivity contribution is 5.94. The molecule has 0 saturated heterocycles. The fourth-order valence-electron chi connectivity index (χ4n) is 1.83. The average molecular weight is 340 g/mol. The molecule has 0 aromatic heterocycles. The Labute approximate surface area is 138 Å². The Bertz CT molecular complexity index is 559. The molecule has 0 heterocycles. The number of carboxylic acids is 1. The van der Waals surface area contributed by atoms with Crippen LogP contribution in [0.2, 0.25) is 0 Å². The molecule has 1 aromatic carbocycles. The Hall–Kier alpha value is -2.52. The van der Waals surface area contributed by atoms with Gasteiger partial charge in [0, 0.05) is 30.7 Å². The number of aliphatic carboxylic acids is 1. The van der Waals surface area contributed by atoms with Crippen molar-refractivity contribution in [1.82, 2.24) is 5.32 Å². The highest BCUT2D eigenvalue weighted by Crippen LogP contribution is 2.12. The summed E-state index contributed by atoms with van der Waals surface area (Å²) in [7, 11) is 0. The molecule has 9 heteroatoms. The van der Waals surface area contributed by atoms with Gasteiger partial charge < -0.3 is 19.9 Å². The first-order valence-corrected chi connectivity index (χ1v) is 7.36. The molecule has 132 valence electrons. The summed E-state index contributed by atoms with van der Waals surface area (Å²) in [4.78, 5) is 32.9. The van der Waals surface area contributed by atoms with Crippen molar-refractivity contribution in [2.75, 3.05) is 20.0 Å². The number of nitrogens with zero attached hydrogens (tertiary/aromatic N) is 1. The zero-order valence-corrected chi connectivity index (χ0v) is 13.3. The van der Waals surface area contributed by atoms with Crippen LogP contribution in [0.1, 0.15) is 30.1 Å². The van der Waals surface area contributed by atoms with Gasteiger partial charge in [-0.1, -0.05) is 0 Å². The smallest absolute Gasteiger partial charge is 0.303 e. The average Bonchev–Trinajstić information content (AvgIpc) is 2.56. The third-order valence-corrected chi connectivity index (χ3v) is 3.07. The minimum Gasteiger partial charge on any atom is -0.481 e. The number of amides is 1. The maximum atomic E-state index is 12.2. The Morgan fingerprint density at radius 2 is 1.96 bits per heavy atom. The molecule has 0 unspecified atom stereocenters. The first kappa shape index (κ1) is 19.5. The number of carbonyl (C=O) groups is 2. The summed E-state index contributed by atoms with van der Waals surface area (Å²) in [6.07, 6.45) is 0.0728. The lowest BCUT2D eigenvalue weighted by Crippen LogP contribution is -2.38. The number of benzene rings is 1. The molecular formula is C15H20N2O7. The van der Waals surface area contributed by atoms with Gasteiger partial charge in [-0.15, -0.1) is 0 Å². The van der Waals surface area contributed by atoms with Crippen molar-refractivity contribution in [2.24, 2.45) is 0 Å². The fraction of sp³-hybridized carbons (Fsp3) is 0.467. The number of hydrogen-bond donors (Lipinski definition) is 2. The standard InChI is InChI=1S/C15H20N2O7/c1-2-23-10-24-9-12(5-8-14(18)19)16-15(20)11-3-6-13(7-4-11)17(21)22/h3-4,6-7,12H,2,5,8-10H2,1H3,(H,16,20)(H,18,19)/t12-/m0/s1. The van der Waals surface area contributed by atoms with Gasteiger partial charge >= 0.3 is 5.97 Å². The third kappa shape index (κ3) is 7.16. The summed E-state index contributed by atoms with van der Waals surface area (Å²) in [5.41, 5.74) is 0.125. The second kappa shape index (κ2) is 10.3. The van der Waals surface area contributed by atoms with Gasteiger partial charge in [-0.25, -0.2) is 0 Å². The second-order valence-electron chi connectivity index (χ2n) is 4.89. The first-order valence-electron chi connectivity index (χ1n) is 7.36. The van der Waals surface area contributed by atoms with Gasteiger partial charge in [-0.3, -0.25) is 19.7 Å². The number of nitro benzene ring substituents is 1. The van der Waals surface area contributed by atoms with Gasteiger partial charge in [0.25, 0.3) is 11.6 Å². The van der Waals surface area contributed by atoms with E-state index in [-0.39, 0.29) is 37.5 Å². The number of nitro groups is 1. The summed E-state index contributed by atoms with van der Waals surface area (Å²) in [5.74, 6) is -1.44. The van der Waals surface area contributed by atoms with Gasteiger partial charge in [0.2, 0.25) is 0 Å². The van der Waals surface area contributed by atoms with E-state index in [1.54, 1.807) is 0 Å². The molecule has 0 aliphatic heterocycles. The van der Waals surface area contributed by atoms with E-state index in [0.29, 0.717) is 6.61 Å². The van der Waals surface area contributed by atoms with Crippen LogP contribution in [-0.4, -0.2) is 48.0 Å². The van der Waals surface area contributed by atoms with Crippen molar-refractivity contribution in [3.05, 3.63) is 39.9 Å². The molecule has 9 nitrogen and oxygen atoms in total. The van der Waals surface area contributed by atoms with Crippen molar-refractivity contribution >= 4 is 17.6 Å². The van der Waals surface area contributed by atoms with Crippen LogP contribution in [0.3, 0.4) is 0 Å². The van der Waals surface area contributed by atoms with Crippen LogP contribution < -0.4 is 5.32 Å². The van der Waals surface area contributed by atoms with Gasteiger partial charge in [-0.05, 0) is 25.5 Å². The quantitative estimate of drug-likeness (QED) is 0.271. The van der Waals surface area contributed by atoms with E-state index in [2.05, 4.69) is 5.32 Å². The van der Waals surface area contributed by atoms with E-state index in [0.717, 1.165) is 0 Å². The van der Waals surface area contributed by atoms with Gasteiger partial charge in [-0.2, -0.15) is 0 Å². The minimum atomic E-state index is -0.977. The predicted molar refractivity (Wildman–Crippen MR) is 83.7 cm³/mol. The maximum Gasteiger partial charge on any atom is 0.303 e. The fourth-order valence-corrected chi connectivity index (χ4v) is 1.83. The van der Waals surface area contributed by atoms with Gasteiger partial charge in [0.15, 0.2) is 0 Å². The lowest BCUT2D eigenvalue weighted by atomic mass is 10.1. The Morgan fingerprint density at radius 1 is 1.29 bits per heavy atom. The molecule has 0 aliphatic carbocycles. The number of rotatable bonds is 11. The van der Waals surface area contributed by atoms with Crippen molar-refractivity contribution < 1.29 is 29.1 Å². The lowest BCUT2D eigenvalue weighted by Gasteiger charge is -2.18.